The Kier molecular flexibility index (Phi) is 3.02. The van der Waals surface area contributed by atoms with Gasteiger partial charge in [0.15, 0.2) is 0 Å². The minimum atomic E-state index is -0.903. The standard InChI is InChI=1S/C17H15NO/c19-17(15-6-2-1-3-7-15)11-9-14(10-12-17)16-8-4-5-13-18-16/h1-11,13,19H,12H2. The highest BCUT2D eigenvalue weighted by Gasteiger charge is 2.27. The topological polar surface area (TPSA) is 33.1 Å². The van der Waals surface area contributed by atoms with Crippen molar-refractivity contribution in [3.8, 4) is 0 Å². The Balaban J connectivity index is 1.87. The molecule has 19 heavy (non-hydrogen) atoms. The molecule has 1 heterocycles. The summed E-state index contributed by atoms with van der Waals surface area (Å²) in [5, 5.41) is 10.7. The van der Waals surface area contributed by atoms with Gasteiger partial charge in [0.25, 0.3) is 0 Å². The fraction of sp³-hybridized carbons (Fsp3) is 0.118. The van der Waals surface area contributed by atoms with Crippen LogP contribution >= 0.6 is 0 Å². The number of hydrogen-bond donors (Lipinski definition) is 1. The molecule has 0 radical (unpaired) electrons. The fourth-order valence-corrected chi connectivity index (χ4v) is 2.29. The number of pyridine rings is 1. The first-order chi connectivity index (χ1) is 9.28. The van der Waals surface area contributed by atoms with Gasteiger partial charge in [0.1, 0.15) is 5.60 Å². The Morgan fingerprint density at radius 1 is 1.00 bits per heavy atom. The highest BCUT2D eigenvalue weighted by atomic mass is 16.3. The van der Waals surface area contributed by atoms with Crippen LogP contribution < -0.4 is 0 Å². The molecule has 1 aromatic heterocycles. The number of allylic oxidation sites excluding steroid dienone is 2. The summed E-state index contributed by atoms with van der Waals surface area (Å²) in [6.45, 7) is 0. The SMILES string of the molecule is OC1(c2ccccc2)C=CC(c2ccccn2)=CC1. The fourth-order valence-electron chi connectivity index (χ4n) is 2.29. The van der Waals surface area contributed by atoms with E-state index in [4.69, 9.17) is 0 Å². The van der Waals surface area contributed by atoms with Crippen molar-refractivity contribution in [2.45, 2.75) is 12.0 Å². The Hall–Kier alpha value is -2.19. The average molecular weight is 249 g/mol. The lowest BCUT2D eigenvalue weighted by Gasteiger charge is -2.27. The predicted molar refractivity (Wildman–Crippen MR) is 76.3 cm³/mol. The van der Waals surface area contributed by atoms with Crippen LogP contribution in [0.1, 0.15) is 17.7 Å². The molecule has 1 atom stereocenters. The van der Waals surface area contributed by atoms with Crippen LogP contribution in [0.4, 0.5) is 0 Å². The van der Waals surface area contributed by atoms with Crippen molar-refractivity contribution in [2.75, 3.05) is 0 Å². The Morgan fingerprint density at radius 3 is 2.42 bits per heavy atom. The Bertz CT molecular complexity index is 616. The first-order valence-electron chi connectivity index (χ1n) is 6.37. The Morgan fingerprint density at radius 2 is 1.79 bits per heavy atom. The normalized spacial score (nSPS) is 22.1. The molecule has 0 bridgehead atoms. The molecule has 1 aliphatic rings. The van der Waals surface area contributed by atoms with Crippen molar-refractivity contribution in [1.29, 1.82) is 0 Å². The highest BCUT2D eigenvalue weighted by molar-refractivity contribution is 5.73. The van der Waals surface area contributed by atoms with Crippen LogP contribution in [-0.4, -0.2) is 10.1 Å². The average Bonchev–Trinajstić information content (AvgIpc) is 2.50. The molecule has 2 heteroatoms. The number of aliphatic hydroxyl groups is 1. The minimum Gasteiger partial charge on any atom is -0.381 e. The van der Waals surface area contributed by atoms with Crippen LogP contribution in [0.15, 0.2) is 73.0 Å². The molecular weight excluding hydrogens is 234 g/mol. The molecule has 0 spiro atoms. The van der Waals surface area contributed by atoms with Gasteiger partial charge < -0.3 is 5.11 Å². The molecule has 0 amide bonds. The van der Waals surface area contributed by atoms with Gasteiger partial charge in [-0.3, -0.25) is 4.98 Å². The van der Waals surface area contributed by atoms with Crippen molar-refractivity contribution >= 4 is 5.57 Å². The van der Waals surface area contributed by atoms with E-state index in [0.717, 1.165) is 16.8 Å². The minimum absolute atomic E-state index is 0.569. The largest absolute Gasteiger partial charge is 0.381 e. The van der Waals surface area contributed by atoms with E-state index in [1.807, 2.05) is 66.8 Å². The molecule has 2 nitrogen and oxygen atoms in total. The lowest BCUT2D eigenvalue weighted by atomic mass is 9.85. The molecule has 1 unspecified atom stereocenters. The summed E-state index contributed by atoms with van der Waals surface area (Å²) < 4.78 is 0. The summed E-state index contributed by atoms with van der Waals surface area (Å²) in [5.41, 5.74) is 2.01. The van der Waals surface area contributed by atoms with Gasteiger partial charge in [-0.1, -0.05) is 48.6 Å². The second-order valence-electron chi connectivity index (χ2n) is 4.70. The predicted octanol–water partition coefficient (Wildman–Crippen LogP) is 3.31. The molecule has 3 rings (SSSR count). The number of benzene rings is 1. The zero-order valence-corrected chi connectivity index (χ0v) is 10.5. The van der Waals surface area contributed by atoms with E-state index in [0.29, 0.717) is 6.42 Å². The van der Waals surface area contributed by atoms with Gasteiger partial charge in [-0.15, -0.1) is 0 Å². The lowest BCUT2D eigenvalue weighted by molar-refractivity contribution is 0.0919. The maximum Gasteiger partial charge on any atom is 0.111 e. The molecule has 0 saturated carbocycles. The van der Waals surface area contributed by atoms with Crippen LogP contribution in [0.2, 0.25) is 0 Å². The van der Waals surface area contributed by atoms with Crippen molar-refractivity contribution in [2.24, 2.45) is 0 Å². The first-order valence-corrected chi connectivity index (χ1v) is 6.37. The summed E-state index contributed by atoms with van der Waals surface area (Å²) in [6.07, 6.45) is 8.18. The van der Waals surface area contributed by atoms with E-state index in [-0.39, 0.29) is 0 Å². The third-order valence-electron chi connectivity index (χ3n) is 3.41. The van der Waals surface area contributed by atoms with E-state index >= 15 is 0 Å². The Labute approximate surface area is 112 Å². The smallest absolute Gasteiger partial charge is 0.111 e. The van der Waals surface area contributed by atoms with Gasteiger partial charge in [0, 0.05) is 12.6 Å². The van der Waals surface area contributed by atoms with E-state index in [1.54, 1.807) is 6.20 Å². The summed E-state index contributed by atoms with van der Waals surface area (Å²) in [6, 6.07) is 15.6. The van der Waals surface area contributed by atoms with Crippen LogP contribution in [0.3, 0.4) is 0 Å². The highest BCUT2D eigenvalue weighted by Crippen LogP contribution is 2.33. The number of aromatic nitrogens is 1. The summed E-state index contributed by atoms with van der Waals surface area (Å²) >= 11 is 0. The van der Waals surface area contributed by atoms with Crippen LogP contribution in [0.25, 0.3) is 5.57 Å². The van der Waals surface area contributed by atoms with Crippen LogP contribution in [0.5, 0.6) is 0 Å². The maximum absolute atomic E-state index is 10.7. The zero-order valence-electron chi connectivity index (χ0n) is 10.5. The van der Waals surface area contributed by atoms with Gasteiger partial charge in [-0.05, 0) is 29.3 Å². The number of hydrogen-bond acceptors (Lipinski definition) is 2. The van der Waals surface area contributed by atoms with E-state index in [1.165, 1.54) is 0 Å². The quantitative estimate of drug-likeness (QED) is 0.885. The van der Waals surface area contributed by atoms with Gasteiger partial charge in [0.2, 0.25) is 0 Å². The summed E-state index contributed by atoms with van der Waals surface area (Å²) in [5.74, 6) is 0. The summed E-state index contributed by atoms with van der Waals surface area (Å²) in [4.78, 5) is 4.32. The van der Waals surface area contributed by atoms with Crippen molar-refractivity contribution < 1.29 is 5.11 Å². The molecule has 0 aliphatic heterocycles. The number of rotatable bonds is 2. The lowest BCUT2D eigenvalue weighted by Crippen LogP contribution is -2.23. The second-order valence-corrected chi connectivity index (χ2v) is 4.70. The van der Waals surface area contributed by atoms with Crippen molar-refractivity contribution in [1.82, 2.24) is 4.98 Å². The van der Waals surface area contributed by atoms with Gasteiger partial charge >= 0.3 is 0 Å². The third-order valence-corrected chi connectivity index (χ3v) is 3.41. The maximum atomic E-state index is 10.7. The second kappa shape index (κ2) is 4.82. The van der Waals surface area contributed by atoms with Gasteiger partial charge in [-0.25, -0.2) is 0 Å². The van der Waals surface area contributed by atoms with Crippen molar-refractivity contribution in [3.05, 3.63) is 84.2 Å². The molecule has 0 fully saturated rings. The summed E-state index contributed by atoms with van der Waals surface area (Å²) in [7, 11) is 0. The van der Waals surface area contributed by atoms with Gasteiger partial charge in [-0.2, -0.15) is 0 Å². The molecule has 1 aromatic carbocycles. The van der Waals surface area contributed by atoms with Gasteiger partial charge in [0.05, 0.1) is 5.69 Å². The zero-order chi connectivity index (χ0) is 13.1. The van der Waals surface area contributed by atoms with Crippen LogP contribution in [-0.2, 0) is 5.60 Å². The molecule has 0 saturated heterocycles. The molecular formula is C17H15NO. The molecule has 1 aliphatic carbocycles. The van der Waals surface area contributed by atoms with E-state index in [2.05, 4.69) is 4.98 Å². The monoisotopic (exact) mass is 249 g/mol. The van der Waals surface area contributed by atoms with Crippen LogP contribution in [0, 0.1) is 0 Å². The third kappa shape index (κ3) is 2.35. The van der Waals surface area contributed by atoms with E-state index in [9.17, 15) is 5.11 Å². The van der Waals surface area contributed by atoms with Crippen molar-refractivity contribution in [3.63, 3.8) is 0 Å². The van der Waals surface area contributed by atoms with E-state index < -0.39 is 5.60 Å². The number of nitrogens with zero attached hydrogens (tertiary/aromatic N) is 1. The molecule has 2 aromatic rings. The first kappa shape index (κ1) is 11.9. The molecule has 1 N–H and O–H groups in total. The molecule has 94 valence electrons.